The van der Waals surface area contributed by atoms with Crippen molar-refractivity contribution in [3.05, 3.63) is 65.4 Å². The molecule has 0 saturated carbocycles. The maximum absolute atomic E-state index is 11.5. The third-order valence-corrected chi connectivity index (χ3v) is 4.46. The summed E-state index contributed by atoms with van der Waals surface area (Å²) < 4.78 is 11.5. The topological polar surface area (TPSA) is 94.7 Å². The van der Waals surface area contributed by atoms with Gasteiger partial charge in [-0.25, -0.2) is 4.79 Å². The van der Waals surface area contributed by atoms with Crippen LogP contribution in [0.3, 0.4) is 0 Å². The Hall–Kier alpha value is -3.12. The SMILES string of the molecule is Cc1nc2cccc(OCCCCOCc3ccccc3)c2c(N)c1C(=O)O. The van der Waals surface area contributed by atoms with Crippen LogP contribution in [0.25, 0.3) is 10.9 Å². The van der Waals surface area contributed by atoms with Crippen LogP contribution in [-0.2, 0) is 11.3 Å². The van der Waals surface area contributed by atoms with E-state index in [1.165, 1.54) is 0 Å². The van der Waals surface area contributed by atoms with Gasteiger partial charge in [0.25, 0.3) is 0 Å². The highest BCUT2D eigenvalue weighted by molar-refractivity contribution is 6.06. The van der Waals surface area contributed by atoms with Crippen LogP contribution in [0.4, 0.5) is 5.69 Å². The van der Waals surface area contributed by atoms with E-state index in [2.05, 4.69) is 4.98 Å². The molecule has 146 valence electrons. The number of nitrogen functional groups attached to an aromatic ring is 1. The molecule has 6 heteroatoms. The van der Waals surface area contributed by atoms with Gasteiger partial charge >= 0.3 is 5.97 Å². The van der Waals surface area contributed by atoms with Crippen molar-refractivity contribution < 1.29 is 19.4 Å². The van der Waals surface area contributed by atoms with Crippen molar-refractivity contribution in [2.75, 3.05) is 18.9 Å². The summed E-state index contributed by atoms with van der Waals surface area (Å²) in [6.07, 6.45) is 1.68. The molecule has 0 aliphatic rings. The Labute approximate surface area is 163 Å². The van der Waals surface area contributed by atoms with Crippen LogP contribution in [0.5, 0.6) is 5.75 Å². The molecule has 0 amide bonds. The maximum Gasteiger partial charge on any atom is 0.339 e. The van der Waals surface area contributed by atoms with Crippen molar-refractivity contribution in [3.8, 4) is 5.75 Å². The molecular weight excluding hydrogens is 356 g/mol. The molecule has 3 rings (SSSR count). The second kappa shape index (κ2) is 9.19. The summed E-state index contributed by atoms with van der Waals surface area (Å²) in [7, 11) is 0. The molecule has 0 saturated heterocycles. The van der Waals surface area contributed by atoms with E-state index in [4.69, 9.17) is 15.2 Å². The monoisotopic (exact) mass is 380 g/mol. The van der Waals surface area contributed by atoms with Crippen LogP contribution in [0.15, 0.2) is 48.5 Å². The number of benzene rings is 2. The maximum atomic E-state index is 11.5. The van der Waals surface area contributed by atoms with Crippen LogP contribution >= 0.6 is 0 Å². The van der Waals surface area contributed by atoms with E-state index in [0.717, 1.165) is 18.4 Å². The van der Waals surface area contributed by atoms with E-state index in [0.29, 0.717) is 42.2 Å². The van der Waals surface area contributed by atoms with E-state index in [9.17, 15) is 9.90 Å². The van der Waals surface area contributed by atoms with Gasteiger partial charge in [-0.1, -0.05) is 36.4 Å². The zero-order chi connectivity index (χ0) is 19.9. The average molecular weight is 380 g/mol. The van der Waals surface area contributed by atoms with Crippen molar-refractivity contribution in [3.63, 3.8) is 0 Å². The van der Waals surface area contributed by atoms with E-state index in [1.54, 1.807) is 19.1 Å². The number of pyridine rings is 1. The van der Waals surface area contributed by atoms with Crippen molar-refractivity contribution in [2.45, 2.75) is 26.4 Å². The molecule has 0 atom stereocenters. The van der Waals surface area contributed by atoms with Gasteiger partial charge < -0.3 is 20.3 Å². The normalized spacial score (nSPS) is 10.9. The number of aromatic nitrogens is 1. The van der Waals surface area contributed by atoms with Crippen LogP contribution in [0.1, 0.15) is 34.5 Å². The smallest absolute Gasteiger partial charge is 0.339 e. The molecule has 0 bridgehead atoms. The van der Waals surface area contributed by atoms with E-state index in [-0.39, 0.29) is 11.3 Å². The first-order chi connectivity index (χ1) is 13.6. The fraction of sp³-hybridized carbons (Fsp3) is 0.273. The molecule has 1 heterocycles. The average Bonchev–Trinajstić information content (AvgIpc) is 2.67. The van der Waals surface area contributed by atoms with Gasteiger partial charge in [-0.05, 0) is 37.5 Å². The molecule has 0 spiro atoms. The molecule has 28 heavy (non-hydrogen) atoms. The van der Waals surface area contributed by atoms with E-state index >= 15 is 0 Å². The quantitative estimate of drug-likeness (QED) is 0.540. The second-order valence-corrected chi connectivity index (χ2v) is 6.54. The Kier molecular flexibility index (Phi) is 6.45. The van der Waals surface area contributed by atoms with Gasteiger partial charge in [0.2, 0.25) is 0 Å². The third kappa shape index (κ3) is 4.58. The Bertz CT molecular complexity index is 958. The molecule has 1 aromatic heterocycles. The zero-order valence-corrected chi connectivity index (χ0v) is 15.9. The van der Waals surface area contributed by atoms with Gasteiger partial charge in [-0.15, -0.1) is 0 Å². The Morgan fingerprint density at radius 3 is 2.57 bits per heavy atom. The summed E-state index contributed by atoms with van der Waals surface area (Å²) in [6, 6.07) is 15.5. The lowest BCUT2D eigenvalue weighted by Gasteiger charge is -2.13. The minimum Gasteiger partial charge on any atom is -0.493 e. The summed E-state index contributed by atoms with van der Waals surface area (Å²) in [5.74, 6) is -0.537. The number of rotatable bonds is 9. The van der Waals surface area contributed by atoms with Gasteiger partial charge in [0.05, 0.1) is 35.5 Å². The lowest BCUT2D eigenvalue weighted by Crippen LogP contribution is -2.09. The summed E-state index contributed by atoms with van der Waals surface area (Å²) in [5, 5.41) is 9.95. The first-order valence-electron chi connectivity index (χ1n) is 9.24. The van der Waals surface area contributed by atoms with Gasteiger partial charge in [0.15, 0.2) is 0 Å². The van der Waals surface area contributed by atoms with Gasteiger partial charge in [0, 0.05) is 6.61 Å². The highest BCUT2D eigenvalue weighted by Gasteiger charge is 2.18. The second-order valence-electron chi connectivity index (χ2n) is 6.54. The Balaban J connectivity index is 1.56. The molecule has 6 nitrogen and oxygen atoms in total. The summed E-state index contributed by atoms with van der Waals surface area (Å²) in [4.78, 5) is 15.8. The first-order valence-corrected chi connectivity index (χ1v) is 9.24. The van der Waals surface area contributed by atoms with Crippen LogP contribution in [-0.4, -0.2) is 29.3 Å². The molecule has 0 radical (unpaired) electrons. The number of unbranched alkanes of at least 4 members (excludes halogenated alkanes) is 1. The Morgan fingerprint density at radius 2 is 1.82 bits per heavy atom. The standard InChI is InChI=1S/C22H24N2O4/c1-15-19(22(25)26)21(23)20-17(24-15)10-7-11-18(20)28-13-6-5-12-27-14-16-8-3-2-4-9-16/h2-4,7-11H,5-6,12-14H2,1H3,(H2,23,24)(H,25,26). The van der Waals surface area contributed by atoms with Crippen molar-refractivity contribution in [1.82, 2.24) is 4.98 Å². The number of carboxylic acid groups (broad SMARTS) is 1. The van der Waals surface area contributed by atoms with Crippen molar-refractivity contribution in [1.29, 1.82) is 0 Å². The number of nitrogens with zero attached hydrogens (tertiary/aromatic N) is 1. The fourth-order valence-electron chi connectivity index (χ4n) is 3.08. The van der Waals surface area contributed by atoms with Crippen molar-refractivity contribution >= 4 is 22.6 Å². The number of fused-ring (bicyclic) bond motifs is 1. The fourth-order valence-corrected chi connectivity index (χ4v) is 3.08. The zero-order valence-electron chi connectivity index (χ0n) is 15.9. The molecule has 0 fully saturated rings. The number of hydrogen-bond acceptors (Lipinski definition) is 5. The van der Waals surface area contributed by atoms with Gasteiger partial charge in [-0.2, -0.15) is 0 Å². The van der Waals surface area contributed by atoms with Crippen LogP contribution in [0, 0.1) is 6.92 Å². The number of carboxylic acids is 1. The number of carbonyl (C=O) groups is 1. The number of anilines is 1. The van der Waals surface area contributed by atoms with E-state index in [1.807, 2.05) is 36.4 Å². The number of aryl methyl sites for hydroxylation is 1. The number of aromatic carboxylic acids is 1. The largest absolute Gasteiger partial charge is 0.493 e. The Morgan fingerprint density at radius 1 is 1.07 bits per heavy atom. The lowest BCUT2D eigenvalue weighted by molar-refractivity contribution is 0.0697. The minimum atomic E-state index is -1.09. The molecule has 0 aliphatic carbocycles. The molecule has 3 aromatic rings. The molecule has 0 aliphatic heterocycles. The lowest BCUT2D eigenvalue weighted by atomic mass is 10.1. The molecule has 2 aromatic carbocycles. The summed E-state index contributed by atoms with van der Waals surface area (Å²) in [6.45, 7) is 3.39. The minimum absolute atomic E-state index is 0.0258. The highest BCUT2D eigenvalue weighted by Crippen LogP contribution is 2.33. The number of ether oxygens (including phenoxy) is 2. The summed E-state index contributed by atoms with van der Waals surface area (Å²) >= 11 is 0. The van der Waals surface area contributed by atoms with E-state index < -0.39 is 5.97 Å². The van der Waals surface area contributed by atoms with Crippen molar-refractivity contribution in [2.24, 2.45) is 0 Å². The number of nitrogens with two attached hydrogens (primary N) is 1. The third-order valence-electron chi connectivity index (χ3n) is 4.46. The van der Waals surface area contributed by atoms with Gasteiger partial charge in [-0.3, -0.25) is 4.98 Å². The molecular formula is C22H24N2O4. The first kappa shape index (κ1) is 19.6. The highest BCUT2D eigenvalue weighted by atomic mass is 16.5. The van der Waals surface area contributed by atoms with Crippen LogP contribution < -0.4 is 10.5 Å². The predicted molar refractivity (Wildman–Crippen MR) is 109 cm³/mol. The van der Waals surface area contributed by atoms with Crippen LogP contribution in [0.2, 0.25) is 0 Å². The summed E-state index contributed by atoms with van der Waals surface area (Å²) in [5.41, 5.74) is 8.52. The predicted octanol–water partition coefficient (Wildman–Crippen LogP) is 4.20. The number of hydrogen-bond donors (Lipinski definition) is 2. The molecule has 3 N–H and O–H groups in total. The van der Waals surface area contributed by atoms with Gasteiger partial charge in [0.1, 0.15) is 11.3 Å². The molecule has 0 unspecified atom stereocenters.